The van der Waals surface area contributed by atoms with Gasteiger partial charge in [0.2, 0.25) is 11.8 Å². The van der Waals surface area contributed by atoms with E-state index in [0.29, 0.717) is 23.3 Å². The summed E-state index contributed by atoms with van der Waals surface area (Å²) in [7, 11) is 1.31. The van der Waals surface area contributed by atoms with E-state index in [0.717, 1.165) is 4.90 Å². The molecule has 0 unspecified atom stereocenters. The largest absolute Gasteiger partial charge is 0.466 e. The number of methoxy groups -OCH3 is 1. The maximum Gasteiger partial charge on any atom is 0.334 e. The lowest BCUT2D eigenvalue weighted by molar-refractivity contribution is -0.138. The average molecular weight is 282 g/mol. The van der Waals surface area contributed by atoms with Gasteiger partial charge in [0, 0.05) is 5.57 Å². The minimum Gasteiger partial charge on any atom is -0.466 e. The molecule has 0 saturated carbocycles. The zero-order chi connectivity index (χ0) is 14.0. The number of rotatable bonds is 2. The highest BCUT2D eigenvalue weighted by atomic mass is 35.5. The summed E-state index contributed by atoms with van der Waals surface area (Å²) in [6.07, 6.45) is 5.41. The Bertz CT molecular complexity index is 545. The van der Waals surface area contributed by atoms with Crippen LogP contribution >= 0.6 is 11.6 Å². The molecule has 0 aromatic carbocycles. The predicted octanol–water partition coefficient (Wildman–Crippen LogP) is 1.30. The van der Waals surface area contributed by atoms with Gasteiger partial charge in [0.15, 0.2) is 0 Å². The third-order valence-corrected chi connectivity index (χ3v) is 3.20. The van der Waals surface area contributed by atoms with E-state index < -0.39 is 11.9 Å². The van der Waals surface area contributed by atoms with E-state index >= 15 is 0 Å². The number of halogens is 1. The van der Waals surface area contributed by atoms with Crippen molar-refractivity contribution < 1.29 is 19.1 Å². The Morgan fingerprint density at radius 1 is 1.42 bits per heavy atom. The summed E-state index contributed by atoms with van der Waals surface area (Å²) >= 11 is 5.49. The first-order valence-electron chi connectivity index (χ1n) is 5.68. The van der Waals surface area contributed by atoms with Gasteiger partial charge in [-0.1, -0.05) is 18.2 Å². The smallest absolute Gasteiger partial charge is 0.334 e. The molecule has 0 spiro atoms. The van der Waals surface area contributed by atoms with Gasteiger partial charge in [0.1, 0.15) is 5.88 Å². The van der Waals surface area contributed by atoms with Crippen molar-refractivity contribution in [2.45, 2.75) is 12.8 Å². The number of carbonyl (C=O) groups excluding carboxylic acids is 3. The number of hydrogen-bond donors (Lipinski definition) is 0. The lowest BCUT2D eigenvalue weighted by atomic mass is 10.1. The molecule has 0 bridgehead atoms. The topological polar surface area (TPSA) is 63.7 Å². The van der Waals surface area contributed by atoms with E-state index in [4.69, 9.17) is 11.6 Å². The van der Waals surface area contributed by atoms with Crippen LogP contribution in [0, 0.1) is 0 Å². The fraction of sp³-hybridized carbons (Fsp3) is 0.308. The third-order valence-electron chi connectivity index (χ3n) is 2.97. The molecule has 2 amide bonds. The van der Waals surface area contributed by atoms with E-state index in [-0.39, 0.29) is 18.2 Å². The number of hydrogen-bond acceptors (Lipinski definition) is 4. The van der Waals surface area contributed by atoms with Gasteiger partial charge in [0.25, 0.3) is 0 Å². The Hall–Kier alpha value is -1.88. The summed E-state index contributed by atoms with van der Waals surface area (Å²) in [5, 5.41) is 0. The first-order valence-corrected chi connectivity index (χ1v) is 6.22. The standard InChI is InChI=1S/C13H12ClNO4/c1-19-13(18)8-2-3-9-6-11(16)15(12(17)7-14)10(9)5-4-8/h2-3,5H,4,6-7H2,1H3. The van der Waals surface area contributed by atoms with Crippen molar-refractivity contribution in [1.29, 1.82) is 0 Å². The van der Waals surface area contributed by atoms with Gasteiger partial charge in [-0.05, 0) is 12.0 Å². The van der Waals surface area contributed by atoms with Crippen LogP contribution in [0.25, 0.3) is 0 Å². The second kappa shape index (κ2) is 5.40. The van der Waals surface area contributed by atoms with Crippen LogP contribution in [-0.4, -0.2) is 35.7 Å². The van der Waals surface area contributed by atoms with Gasteiger partial charge >= 0.3 is 5.97 Å². The zero-order valence-electron chi connectivity index (χ0n) is 10.3. The van der Waals surface area contributed by atoms with Gasteiger partial charge in [-0.3, -0.25) is 9.59 Å². The monoisotopic (exact) mass is 281 g/mol. The molecule has 1 saturated heterocycles. The summed E-state index contributed by atoms with van der Waals surface area (Å²) in [6, 6.07) is 0. The van der Waals surface area contributed by atoms with Crippen LogP contribution < -0.4 is 0 Å². The molecule has 1 aliphatic heterocycles. The molecule has 0 N–H and O–H groups in total. The fourth-order valence-electron chi connectivity index (χ4n) is 2.07. The first kappa shape index (κ1) is 13.5. The molecule has 0 aromatic rings. The summed E-state index contributed by atoms with van der Waals surface area (Å²) in [5.74, 6) is -1.43. The molecule has 0 radical (unpaired) electrons. The molecule has 0 atom stereocenters. The Balaban J connectivity index is 2.33. The molecule has 0 aromatic heterocycles. The van der Waals surface area contributed by atoms with Crippen LogP contribution in [0.15, 0.2) is 35.1 Å². The van der Waals surface area contributed by atoms with E-state index in [1.54, 1.807) is 18.2 Å². The number of alkyl halides is 1. The van der Waals surface area contributed by atoms with Crippen LogP contribution in [0.1, 0.15) is 12.8 Å². The summed E-state index contributed by atoms with van der Waals surface area (Å²) < 4.78 is 4.65. The van der Waals surface area contributed by atoms with Crippen LogP contribution in [0.5, 0.6) is 0 Å². The van der Waals surface area contributed by atoms with Crippen molar-refractivity contribution in [2.75, 3.05) is 13.0 Å². The van der Waals surface area contributed by atoms with E-state index in [1.165, 1.54) is 7.11 Å². The molecule has 1 heterocycles. The molecule has 100 valence electrons. The normalized spacial score (nSPS) is 18.1. The maximum atomic E-state index is 11.8. The van der Waals surface area contributed by atoms with E-state index in [9.17, 15) is 14.4 Å². The maximum absolute atomic E-state index is 11.8. The molecule has 5 nitrogen and oxygen atoms in total. The van der Waals surface area contributed by atoms with Crippen LogP contribution in [-0.2, 0) is 19.1 Å². The zero-order valence-corrected chi connectivity index (χ0v) is 11.1. The molecule has 2 rings (SSSR count). The number of esters is 1. The number of likely N-dealkylation sites (tertiary alicyclic amines) is 1. The van der Waals surface area contributed by atoms with E-state index in [1.807, 2.05) is 0 Å². The fourth-order valence-corrected chi connectivity index (χ4v) is 2.19. The van der Waals surface area contributed by atoms with Crippen LogP contribution in [0.3, 0.4) is 0 Å². The van der Waals surface area contributed by atoms with Gasteiger partial charge in [-0.25, -0.2) is 9.69 Å². The van der Waals surface area contributed by atoms with Crippen molar-refractivity contribution in [3.8, 4) is 0 Å². The average Bonchev–Trinajstić information content (AvgIpc) is 2.59. The molecule has 1 aliphatic carbocycles. The van der Waals surface area contributed by atoms with Crippen LogP contribution in [0.4, 0.5) is 0 Å². The molecule has 1 fully saturated rings. The van der Waals surface area contributed by atoms with Gasteiger partial charge in [-0.2, -0.15) is 0 Å². The molecule has 2 aliphatic rings. The first-order chi connectivity index (χ1) is 9.08. The van der Waals surface area contributed by atoms with Crippen molar-refractivity contribution in [3.05, 3.63) is 35.1 Å². The number of nitrogens with zero attached hydrogens (tertiary/aromatic N) is 1. The Morgan fingerprint density at radius 3 is 2.79 bits per heavy atom. The Labute approximate surface area is 115 Å². The third kappa shape index (κ3) is 2.46. The number of ether oxygens (including phenoxy) is 1. The van der Waals surface area contributed by atoms with Crippen molar-refractivity contribution in [2.24, 2.45) is 0 Å². The summed E-state index contributed by atoms with van der Waals surface area (Å²) in [6.45, 7) is 0. The molecular weight excluding hydrogens is 270 g/mol. The minimum absolute atomic E-state index is 0.138. The highest BCUT2D eigenvalue weighted by molar-refractivity contribution is 6.29. The Kier molecular flexibility index (Phi) is 3.85. The lowest BCUT2D eigenvalue weighted by Gasteiger charge is -2.14. The Morgan fingerprint density at radius 2 is 2.16 bits per heavy atom. The molecule has 6 heteroatoms. The van der Waals surface area contributed by atoms with Crippen molar-refractivity contribution >= 4 is 29.4 Å². The highest BCUT2D eigenvalue weighted by Crippen LogP contribution is 2.32. The van der Waals surface area contributed by atoms with Crippen molar-refractivity contribution in [1.82, 2.24) is 4.90 Å². The second-order valence-electron chi connectivity index (χ2n) is 4.10. The predicted molar refractivity (Wildman–Crippen MR) is 68.1 cm³/mol. The van der Waals surface area contributed by atoms with Crippen molar-refractivity contribution in [3.63, 3.8) is 0 Å². The minimum atomic E-state index is -0.456. The van der Waals surface area contributed by atoms with Gasteiger partial charge in [0.05, 0.1) is 19.2 Å². The SMILES string of the molecule is COC(=O)C1=CC=C2CC(=O)N(C(=O)CCl)C2=CC1. The summed E-state index contributed by atoms with van der Waals surface area (Å²) in [4.78, 5) is 36.0. The molecule has 19 heavy (non-hydrogen) atoms. The number of carbonyl (C=O) groups is 3. The lowest BCUT2D eigenvalue weighted by Crippen LogP contribution is -2.31. The van der Waals surface area contributed by atoms with Gasteiger partial charge < -0.3 is 4.74 Å². The number of imide groups is 1. The second-order valence-corrected chi connectivity index (χ2v) is 4.37. The van der Waals surface area contributed by atoms with Gasteiger partial charge in [-0.15, -0.1) is 11.6 Å². The molecular formula is C13H12ClNO4. The quantitative estimate of drug-likeness (QED) is 0.565. The van der Waals surface area contributed by atoms with E-state index in [2.05, 4.69) is 4.74 Å². The number of amides is 2. The highest BCUT2D eigenvalue weighted by Gasteiger charge is 2.34. The van der Waals surface area contributed by atoms with Crippen LogP contribution in [0.2, 0.25) is 0 Å². The number of allylic oxidation sites excluding steroid dienone is 4. The summed E-state index contributed by atoms with van der Waals surface area (Å²) in [5.41, 5.74) is 1.70. The number of fused-ring (bicyclic) bond motifs is 1.